The highest BCUT2D eigenvalue weighted by molar-refractivity contribution is 5.80. The zero-order chi connectivity index (χ0) is 12.0. The van der Waals surface area contributed by atoms with Gasteiger partial charge in [-0.05, 0) is 13.0 Å². The second-order valence-electron chi connectivity index (χ2n) is 3.28. The first-order chi connectivity index (χ1) is 7.67. The van der Waals surface area contributed by atoms with Crippen molar-refractivity contribution in [3.05, 3.63) is 12.3 Å². The van der Waals surface area contributed by atoms with Crippen LogP contribution in [-0.2, 0) is 4.79 Å². The van der Waals surface area contributed by atoms with Gasteiger partial charge < -0.3 is 15.5 Å². The van der Waals surface area contributed by atoms with Crippen LogP contribution in [0.25, 0.3) is 0 Å². The van der Waals surface area contributed by atoms with Gasteiger partial charge in [0, 0.05) is 26.8 Å². The van der Waals surface area contributed by atoms with Crippen molar-refractivity contribution < 1.29 is 4.79 Å². The van der Waals surface area contributed by atoms with Crippen molar-refractivity contribution in [2.75, 3.05) is 37.8 Å². The minimum Gasteiger partial charge on any atom is -0.361 e. The summed E-state index contributed by atoms with van der Waals surface area (Å²) in [5.41, 5.74) is 0. The van der Waals surface area contributed by atoms with Gasteiger partial charge in [-0.25, -0.2) is 4.98 Å². The maximum absolute atomic E-state index is 11.5. The van der Waals surface area contributed by atoms with Crippen molar-refractivity contribution in [3.63, 3.8) is 0 Å². The van der Waals surface area contributed by atoms with Gasteiger partial charge in [-0.15, -0.1) is 0 Å². The Morgan fingerprint density at radius 2 is 2.31 bits per heavy atom. The number of aromatic nitrogens is 2. The van der Waals surface area contributed by atoms with Crippen LogP contribution in [0.4, 0.5) is 11.8 Å². The number of carbonyl (C=O) groups is 1. The highest BCUT2D eigenvalue weighted by Gasteiger charge is 2.06. The lowest BCUT2D eigenvalue weighted by Gasteiger charge is -2.14. The van der Waals surface area contributed by atoms with Crippen molar-refractivity contribution in [1.82, 2.24) is 14.9 Å². The molecule has 0 spiro atoms. The Morgan fingerprint density at radius 1 is 1.56 bits per heavy atom. The number of nitrogens with one attached hydrogen (secondary N) is 2. The van der Waals surface area contributed by atoms with Crippen molar-refractivity contribution in [1.29, 1.82) is 0 Å². The molecule has 1 aromatic rings. The lowest BCUT2D eigenvalue weighted by atomic mass is 10.4. The largest absolute Gasteiger partial charge is 0.361 e. The van der Waals surface area contributed by atoms with Crippen LogP contribution >= 0.6 is 0 Å². The van der Waals surface area contributed by atoms with E-state index in [4.69, 9.17) is 0 Å². The molecule has 0 aliphatic rings. The molecule has 6 heteroatoms. The van der Waals surface area contributed by atoms with Gasteiger partial charge in [0.1, 0.15) is 5.82 Å². The molecule has 2 N–H and O–H groups in total. The van der Waals surface area contributed by atoms with Gasteiger partial charge >= 0.3 is 0 Å². The first-order valence-corrected chi connectivity index (χ1v) is 5.16. The maximum Gasteiger partial charge on any atom is 0.241 e. The molecule has 1 amide bonds. The molecule has 1 aromatic heterocycles. The highest BCUT2D eigenvalue weighted by Crippen LogP contribution is 2.04. The van der Waals surface area contributed by atoms with Crippen molar-refractivity contribution in [2.45, 2.75) is 6.92 Å². The van der Waals surface area contributed by atoms with E-state index in [1.54, 1.807) is 31.3 Å². The fourth-order valence-corrected chi connectivity index (χ4v) is 1.06. The van der Waals surface area contributed by atoms with Gasteiger partial charge in [0.2, 0.25) is 11.9 Å². The van der Waals surface area contributed by atoms with Crippen molar-refractivity contribution in [2.24, 2.45) is 0 Å². The van der Waals surface area contributed by atoms with Crippen LogP contribution in [0.5, 0.6) is 0 Å². The predicted octanol–water partition coefficient (Wildman–Crippen LogP) is 0.408. The first-order valence-electron chi connectivity index (χ1n) is 5.16. The third kappa shape index (κ3) is 3.38. The molecule has 0 aliphatic carbocycles. The number of anilines is 2. The summed E-state index contributed by atoms with van der Waals surface area (Å²) in [6.07, 6.45) is 1.63. The van der Waals surface area contributed by atoms with E-state index < -0.39 is 0 Å². The Balaban J connectivity index is 2.51. The second kappa shape index (κ2) is 5.89. The third-order valence-corrected chi connectivity index (χ3v) is 2.20. The molecule has 0 atom stereocenters. The van der Waals surface area contributed by atoms with E-state index in [2.05, 4.69) is 20.6 Å². The molecule has 0 unspecified atom stereocenters. The fraction of sp³-hybridized carbons (Fsp3) is 0.500. The molecule has 0 fully saturated rings. The van der Waals surface area contributed by atoms with Crippen LogP contribution in [0.15, 0.2) is 12.3 Å². The average molecular weight is 223 g/mol. The first kappa shape index (κ1) is 12.2. The number of nitrogens with zero attached hydrogens (tertiary/aromatic N) is 3. The summed E-state index contributed by atoms with van der Waals surface area (Å²) < 4.78 is 0. The van der Waals surface area contributed by atoms with E-state index in [1.807, 2.05) is 6.92 Å². The summed E-state index contributed by atoms with van der Waals surface area (Å²) in [4.78, 5) is 21.3. The van der Waals surface area contributed by atoms with Crippen LogP contribution < -0.4 is 10.6 Å². The van der Waals surface area contributed by atoms with E-state index in [-0.39, 0.29) is 12.5 Å². The maximum atomic E-state index is 11.5. The van der Waals surface area contributed by atoms with E-state index in [1.165, 1.54) is 0 Å². The Hall–Kier alpha value is -1.85. The van der Waals surface area contributed by atoms with E-state index in [0.29, 0.717) is 18.3 Å². The Kier molecular flexibility index (Phi) is 4.50. The van der Waals surface area contributed by atoms with Gasteiger partial charge in [-0.3, -0.25) is 4.79 Å². The summed E-state index contributed by atoms with van der Waals surface area (Å²) in [7, 11) is 3.51. The van der Waals surface area contributed by atoms with Crippen LogP contribution in [0.2, 0.25) is 0 Å². The van der Waals surface area contributed by atoms with Gasteiger partial charge in [0.15, 0.2) is 0 Å². The summed E-state index contributed by atoms with van der Waals surface area (Å²) in [6, 6.07) is 1.72. The molecule has 0 saturated carbocycles. The zero-order valence-electron chi connectivity index (χ0n) is 9.82. The van der Waals surface area contributed by atoms with Crippen LogP contribution in [0.3, 0.4) is 0 Å². The van der Waals surface area contributed by atoms with Gasteiger partial charge in [-0.1, -0.05) is 0 Å². The fourth-order valence-electron chi connectivity index (χ4n) is 1.06. The number of likely N-dealkylation sites (N-methyl/N-ethyl adjacent to an activating group) is 1. The molecule has 0 bridgehead atoms. The second-order valence-corrected chi connectivity index (χ2v) is 3.28. The molecule has 16 heavy (non-hydrogen) atoms. The standard InChI is InChI=1S/C10H17N5O/c1-4-15(3)9(16)7-13-8-5-6-12-10(11-2)14-8/h5-6H,4,7H2,1-3H3,(H2,11,12,13,14). The SMILES string of the molecule is CCN(C)C(=O)CNc1ccnc(NC)n1. The lowest BCUT2D eigenvalue weighted by molar-refractivity contribution is -0.127. The molecule has 88 valence electrons. The number of hydrogen-bond acceptors (Lipinski definition) is 5. The van der Waals surface area contributed by atoms with E-state index in [0.717, 1.165) is 0 Å². The minimum atomic E-state index is 0.0344. The summed E-state index contributed by atoms with van der Waals surface area (Å²) in [5, 5.41) is 5.78. The van der Waals surface area contributed by atoms with Crippen LogP contribution in [0, 0.1) is 0 Å². The zero-order valence-corrected chi connectivity index (χ0v) is 9.82. The van der Waals surface area contributed by atoms with Gasteiger partial charge in [0.25, 0.3) is 0 Å². The van der Waals surface area contributed by atoms with E-state index in [9.17, 15) is 4.79 Å². The molecule has 0 saturated heterocycles. The average Bonchev–Trinajstić information content (AvgIpc) is 2.35. The molecule has 1 rings (SSSR count). The number of rotatable bonds is 5. The van der Waals surface area contributed by atoms with Gasteiger partial charge in [-0.2, -0.15) is 4.98 Å². The van der Waals surface area contributed by atoms with Crippen LogP contribution in [-0.4, -0.2) is 48.0 Å². The number of amides is 1. The summed E-state index contributed by atoms with van der Waals surface area (Å²) in [6.45, 7) is 2.87. The topological polar surface area (TPSA) is 70.2 Å². The number of carbonyl (C=O) groups excluding carboxylic acids is 1. The smallest absolute Gasteiger partial charge is 0.241 e. The minimum absolute atomic E-state index is 0.0344. The monoisotopic (exact) mass is 223 g/mol. The molecule has 1 heterocycles. The third-order valence-electron chi connectivity index (χ3n) is 2.20. The normalized spacial score (nSPS) is 9.69. The highest BCUT2D eigenvalue weighted by atomic mass is 16.2. The molecule has 0 radical (unpaired) electrons. The quantitative estimate of drug-likeness (QED) is 0.756. The molecular weight excluding hydrogens is 206 g/mol. The van der Waals surface area contributed by atoms with Crippen molar-refractivity contribution in [3.8, 4) is 0 Å². The van der Waals surface area contributed by atoms with E-state index >= 15 is 0 Å². The van der Waals surface area contributed by atoms with Crippen molar-refractivity contribution >= 4 is 17.7 Å². The molecule has 0 aliphatic heterocycles. The van der Waals surface area contributed by atoms with Crippen LogP contribution in [0.1, 0.15) is 6.92 Å². The summed E-state index contributed by atoms with van der Waals surface area (Å²) >= 11 is 0. The summed E-state index contributed by atoms with van der Waals surface area (Å²) in [5.74, 6) is 1.20. The molecule has 6 nitrogen and oxygen atoms in total. The molecular formula is C10H17N5O. The Labute approximate surface area is 95.1 Å². The number of hydrogen-bond donors (Lipinski definition) is 2. The predicted molar refractivity (Wildman–Crippen MR) is 63.4 cm³/mol. The van der Waals surface area contributed by atoms with Gasteiger partial charge in [0.05, 0.1) is 6.54 Å². The Bertz CT molecular complexity index is 355. The molecule has 0 aromatic carbocycles. The Morgan fingerprint density at radius 3 is 2.94 bits per heavy atom. The lowest BCUT2D eigenvalue weighted by Crippen LogP contribution is -2.32.